The van der Waals surface area contributed by atoms with Gasteiger partial charge in [0.05, 0.1) is 13.7 Å². The smallest absolute Gasteiger partial charge is 0.256 e. The molecule has 0 unspecified atom stereocenters. The highest BCUT2D eigenvalue weighted by atomic mass is 16.5. The maximum atomic E-state index is 12.2. The minimum atomic E-state index is -0.140. The first-order chi connectivity index (χ1) is 10.3. The van der Waals surface area contributed by atoms with E-state index in [1.165, 1.54) is 13.5 Å². The fourth-order valence-corrected chi connectivity index (χ4v) is 2.66. The molecular weight excluding hydrogens is 270 g/mol. The Kier molecular flexibility index (Phi) is 5.95. The Morgan fingerprint density at radius 3 is 3.14 bits per heavy atom. The van der Waals surface area contributed by atoms with E-state index in [9.17, 15) is 4.79 Å². The zero-order chi connectivity index (χ0) is 15.1. The number of aromatic nitrogens is 1. The van der Waals surface area contributed by atoms with E-state index in [1.54, 1.807) is 25.4 Å². The molecule has 1 atom stereocenters. The van der Waals surface area contributed by atoms with Gasteiger partial charge in [-0.1, -0.05) is 0 Å². The molecule has 1 aromatic heterocycles. The number of hydrogen-bond donors (Lipinski definition) is 1. The van der Waals surface area contributed by atoms with Gasteiger partial charge in [0, 0.05) is 32.4 Å². The lowest BCUT2D eigenvalue weighted by atomic mass is 10.2. The standard InChI is InChI=1S/C15H23N3O3/c1-20-10-9-18-8-4-5-12(18)11-17-14(19)13-6-3-7-16-15(13)21-2/h3,6-7,12H,4-5,8-11H2,1-2H3,(H,17,19)/t12-/m1/s1. The lowest BCUT2D eigenvalue weighted by Gasteiger charge is -2.24. The molecule has 6 heteroatoms. The van der Waals surface area contributed by atoms with Crippen LogP contribution in [0.15, 0.2) is 18.3 Å². The van der Waals surface area contributed by atoms with Gasteiger partial charge in [0.25, 0.3) is 5.91 Å². The highest BCUT2D eigenvalue weighted by Crippen LogP contribution is 2.17. The monoisotopic (exact) mass is 293 g/mol. The molecule has 0 aliphatic carbocycles. The van der Waals surface area contributed by atoms with Crippen molar-refractivity contribution in [3.05, 3.63) is 23.9 Å². The summed E-state index contributed by atoms with van der Waals surface area (Å²) in [5, 5.41) is 2.98. The van der Waals surface area contributed by atoms with E-state index in [4.69, 9.17) is 9.47 Å². The number of nitrogens with zero attached hydrogens (tertiary/aromatic N) is 2. The summed E-state index contributed by atoms with van der Waals surface area (Å²) in [5.41, 5.74) is 0.474. The Balaban J connectivity index is 1.88. The predicted octanol–water partition coefficient (Wildman–Crippen LogP) is 0.931. The van der Waals surface area contributed by atoms with Gasteiger partial charge in [0.15, 0.2) is 0 Å². The van der Waals surface area contributed by atoms with Crippen molar-refractivity contribution in [1.82, 2.24) is 15.2 Å². The van der Waals surface area contributed by atoms with Crippen molar-refractivity contribution < 1.29 is 14.3 Å². The Morgan fingerprint density at radius 1 is 1.52 bits per heavy atom. The molecule has 116 valence electrons. The third-order valence-corrected chi connectivity index (χ3v) is 3.79. The second-order valence-electron chi connectivity index (χ2n) is 5.10. The number of carbonyl (C=O) groups excluding carboxylic acids is 1. The van der Waals surface area contributed by atoms with Gasteiger partial charge >= 0.3 is 0 Å². The summed E-state index contributed by atoms with van der Waals surface area (Å²) in [4.78, 5) is 18.6. The van der Waals surface area contributed by atoms with E-state index in [2.05, 4.69) is 15.2 Å². The second-order valence-corrected chi connectivity index (χ2v) is 5.10. The number of nitrogens with one attached hydrogen (secondary N) is 1. The molecule has 0 spiro atoms. The third kappa shape index (κ3) is 4.15. The van der Waals surface area contributed by atoms with E-state index in [0.717, 1.165) is 26.1 Å². The average Bonchev–Trinajstić information content (AvgIpc) is 2.97. The molecule has 0 saturated carbocycles. The lowest BCUT2D eigenvalue weighted by Crippen LogP contribution is -2.41. The maximum absolute atomic E-state index is 12.2. The number of methoxy groups -OCH3 is 2. The van der Waals surface area contributed by atoms with Gasteiger partial charge in [-0.2, -0.15) is 0 Å². The second kappa shape index (κ2) is 7.95. The zero-order valence-corrected chi connectivity index (χ0v) is 12.7. The molecule has 1 aromatic rings. The predicted molar refractivity (Wildman–Crippen MR) is 79.6 cm³/mol. The van der Waals surface area contributed by atoms with Crippen LogP contribution in [0.4, 0.5) is 0 Å². The number of pyridine rings is 1. The van der Waals surface area contributed by atoms with Crippen LogP contribution in [0.2, 0.25) is 0 Å². The first-order valence-corrected chi connectivity index (χ1v) is 7.26. The van der Waals surface area contributed by atoms with E-state index in [1.807, 2.05) is 0 Å². The fraction of sp³-hybridized carbons (Fsp3) is 0.600. The van der Waals surface area contributed by atoms with Crippen LogP contribution in [0.25, 0.3) is 0 Å². The fourth-order valence-electron chi connectivity index (χ4n) is 2.66. The van der Waals surface area contributed by atoms with Crippen LogP contribution >= 0.6 is 0 Å². The Morgan fingerprint density at radius 2 is 2.38 bits per heavy atom. The van der Waals surface area contributed by atoms with Crippen molar-refractivity contribution in [2.75, 3.05) is 40.5 Å². The number of likely N-dealkylation sites (tertiary alicyclic amines) is 1. The molecule has 1 amide bonds. The average molecular weight is 293 g/mol. The molecule has 21 heavy (non-hydrogen) atoms. The summed E-state index contributed by atoms with van der Waals surface area (Å²) in [5.74, 6) is 0.219. The van der Waals surface area contributed by atoms with Crippen LogP contribution < -0.4 is 10.1 Å². The van der Waals surface area contributed by atoms with Crippen LogP contribution in [-0.4, -0.2) is 62.3 Å². The number of ether oxygens (including phenoxy) is 2. The first kappa shape index (κ1) is 15.7. The van der Waals surface area contributed by atoms with Gasteiger partial charge in [-0.15, -0.1) is 0 Å². The summed E-state index contributed by atoms with van der Waals surface area (Å²) >= 11 is 0. The van der Waals surface area contributed by atoms with Gasteiger partial charge in [0.2, 0.25) is 5.88 Å². The Labute approximate surface area is 125 Å². The van der Waals surface area contributed by atoms with Crippen LogP contribution in [-0.2, 0) is 4.74 Å². The summed E-state index contributed by atoms with van der Waals surface area (Å²) in [7, 11) is 3.23. The highest BCUT2D eigenvalue weighted by molar-refractivity contribution is 5.96. The zero-order valence-electron chi connectivity index (χ0n) is 12.7. The normalized spacial score (nSPS) is 18.7. The van der Waals surface area contributed by atoms with E-state index in [-0.39, 0.29) is 5.91 Å². The summed E-state index contributed by atoms with van der Waals surface area (Å²) in [6, 6.07) is 3.84. The van der Waals surface area contributed by atoms with Crippen molar-refractivity contribution in [3.63, 3.8) is 0 Å². The Hall–Kier alpha value is -1.66. The van der Waals surface area contributed by atoms with Gasteiger partial charge in [0.1, 0.15) is 5.56 Å². The molecule has 2 rings (SSSR count). The molecule has 2 heterocycles. The van der Waals surface area contributed by atoms with Gasteiger partial charge in [-0.05, 0) is 31.5 Å². The quantitative estimate of drug-likeness (QED) is 0.810. The summed E-state index contributed by atoms with van der Waals surface area (Å²) < 4.78 is 10.2. The molecule has 0 radical (unpaired) electrons. The number of amides is 1. The minimum Gasteiger partial charge on any atom is -0.480 e. The van der Waals surface area contributed by atoms with Gasteiger partial charge in [-0.3, -0.25) is 9.69 Å². The van der Waals surface area contributed by atoms with Gasteiger partial charge < -0.3 is 14.8 Å². The molecule has 1 saturated heterocycles. The lowest BCUT2D eigenvalue weighted by molar-refractivity contribution is 0.0929. The van der Waals surface area contributed by atoms with Crippen molar-refractivity contribution in [3.8, 4) is 5.88 Å². The number of rotatable bonds is 7. The topological polar surface area (TPSA) is 63.7 Å². The van der Waals surface area contributed by atoms with Crippen molar-refractivity contribution in [1.29, 1.82) is 0 Å². The van der Waals surface area contributed by atoms with Gasteiger partial charge in [-0.25, -0.2) is 4.98 Å². The van der Waals surface area contributed by atoms with Crippen molar-refractivity contribution in [2.45, 2.75) is 18.9 Å². The molecule has 1 aliphatic rings. The molecule has 1 aliphatic heterocycles. The SMILES string of the molecule is COCCN1CCC[C@@H]1CNC(=O)c1cccnc1OC. The van der Waals surface area contributed by atoms with E-state index >= 15 is 0 Å². The number of carbonyl (C=O) groups is 1. The van der Waals surface area contributed by atoms with E-state index in [0.29, 0.717) is 24.0 Å². The van der Waals surface area contributed by atoms with Crippen LogP contribution in [0.3, 0.4) is 0 Å². The Bertz CT molecular complexity index is 467. The van der Waals surface area contributed by atoms with Crippen LogP contribution in [0.5, 0.6) is 5.88 Å². The maximum Gasteiger partial charge on any atom is 0.256 e. The highest BCUT2D eigenvalue weighted by Gasteiger charge is 2.24. The molecule has 1 fully saturated rings. The summed E-state index contributed by atoms with van der Waals surface area (Å²) in [6.45, 7) is 3.34. The van der Waals surface area contributed by atoms with Crippen molar-refractivity contribution in [2.24, 2.45) is 0 Å². The van der Waals surface area contributed by atoms with Crippen molar-refractivity contribution >= 4 is 5.91 Å². The van der Waals surface area contributed by atoms with Crippen LogP contribution in [0.1, 0.15) is 23.2 Å². The summed E-state index contributed by atoms with van der Waals surface area (Å²) in [6.07, 6.45) is 3.88. The van der Waals surface area contributed by atoms with E-state index < -0.39 is 0 Å². The first-order valence-electron chi connectivity index (χ1n) is 7.26. The third-order valence-electron chi connectivity index (χ3n) is 3.79. The minimum absolute atomic E-state index is 0.140. The van der Waals surface area contributed by atoms with Crippen LogP contribution in [0, 0.1) is 0 Å². The molecule has 0 bridgehead atoms. The molecular formula is C15H23N3O3. The molecule has 1 N–H and O–H groups in total. The molecule has 0 aromatic carbocycles. The number of hydrogen-bond acceptors (Lipinski definition) is 5. The largest absolute Gasteiger partial charge is 0.480 e. The molecule has 6 nitrogen and oxygen atoms in total.